The maximum atomic E-state index is 5.49. The highest BCUT2D eigenvalue weighted by molar-refractivity contribution is 5.50. The summed E-state index contributed by atoms with van der Waals surface area (Å²) in [6.07, 6.45) is 6.72. The Labute approximate surface area is 191 Å². The fraction of sp³-hybridized carbons (Fsp3) is 0.538. The highest BCUT2D eigenvalue weighted by Crippen LogP contribution is 2.29. The molecule has 0 saturated carbocycles. The third-order valence-electron chi connectivity index (χ3n) is 7.09. The van der Waals surface area contributed by atoms with Gasteiger partial charge in [-0.05, 0) is 63.2 Å². The number of nitrogens with zero attached hydrogens (tertiary/aromatic N) is 4. The summed E-state index contributed by atoms with van der Waals surface area (Å²) in [5.41, 5.74) is 6.02. The van der Waals surface area contributed by atoms with E-state index in [0.717, 1.165) is 63.6 Å². The van der Waals surface area contributed by atoms with Gasteiger partial charge < -0.3 is 10.1 Å². The third-order valence-corrected chi connectivity index (χ3v) is 7.09. The van der Waals surface area contributed by atoms with Crippen molar-refractivity contribution < 1.29 is 4.74 Å². The molecular weight excluding hydrogens is 398 g/mol. The lowest BCUT2D eigenvalue weighted by atomic mass is 9.94. The minimum Gasteiger partial charge on any atom is -0.381 e. The Hall–Kier alpha value is -2.28. The number of fused-ring (bicyclic) bond motifs is 1. The van der Waals surface area contributed by atoms with Gasteiger partial charge in [-0.3, -0.25) is 4.90 Å². The molecule has 2 aromatic heterocycles. The second-order valence-corrected chi connectivity index (χ2v) is 9.42. The number of ether oxygens (including phenoxy) is 1. The van der Waals surface area contributed by atoms with Crippen LogP contribution in [0.3, 0.4) is 0 Å². The number of nitrogens with one attached hydrogen (secondary N) is 1. The van der Waals surface area contributed by atoms with Crippen LogP contribution in [-0.4, -0.2) is 52.3 Å². The molecule has 6 heteroatoms. The molecule has 0 amide bonds. The fourth-order valence-corrected chi connectivity index (χ4v) is 5.26. The summed E-state index contributed by atoms with van der Waals surface area (Å²) in [6, 6.07) is 13.0. The Balaban J connectivity index is 1.29. The molecule has 2 saturated heterocycles. The van der Waals surface area contributed by atoms with Crippen molar-refractivity contribution in [3.05, 3.63) is 65.1 Å². The van der Waals surface area contributed by atoms with Crippen LogP contribution >= 0.6 is 0 Å². The number of likely N-dealkylation sites (tertiary alicyclic amines) is 1. The monoisotopic (exact) mass is 433 g/mol. The fourth-order valence-electron chi connectivity index (χ4n) is 5.26. The van der Waals surface area contributed by atoms with Gasteiger partial charge in [0.15, 0.2) is 5.65 Å². The first-order chi connectivity index (χ1) is 15.8. The van der Waals surface area contributed by atoms with Crippen molar-refractivity contribution in [3.63, 3.8) is 0 Å². The van der Waals surface area contributed by atoms with Gasteiger partial charge in [0.1, 0.15) is 0 Å². The van der Waals surface area contributed by atoms with Crippen LogP contribution in [0.4, 0.5) is 0 Å². The molecule has 1 N–H and O–H groups in total. The summed E-state index contributed by atoms with van der Waals surface area (Å²) in [5, 5.41) is 8.61. The normalized spacial score (nSPS) is 20.7. The van der Waals surface area contributed by atoms with Crippen LogP contribution in [0.25, 0.3) is 5.65 Å². The summed E-state index contributed by atoms with van der Waals surface area (Å²) in [6.45, 7) is 9.04. The number of aromatic nitrogens is 3. The van der Waals surface area contributed by atoms with Gasteiger partial charge in [0.25, 0.3) is 0 Å². The van der Waals surface area contributed by atoms with E-state index in [1.165, 1.54) is 36.2 Å². The van der Waals surface area contributed by atoms with Gasteiger partial charge in [-0.25, -0.2) is 9.50 Å². The molecule has 0 bridgehead atoms. The summed E-state index contributed by atoms with van der Waals surface area (Å²) in [7, 11) is 0. The molecule has 3 aromatic rings. The van der Waals surface area contributed by atoms with E-state index < -0.39 is 0 Å². The van der Waals surface area contributed by atoms with Gasteiger partial charge in [0, 0.05) is 50.5 Å². The van der Waals surface area contributed by atoms with E-state index in [1.54, 1.807) is 0 Å². The van der Waals surface area contributed by atoms with E-state index in [9.17, 15) is 0 Å². The SMILES string of the molecule is Cc1nn2c(C3CCCN(Cc4ccccc4)C3)ccnc2c1CNCC1CCOCC1. The van der Waals surface area contributed by atoms with Crippen LogP contribution in [0.5, 0.6) is 0 Å². The lowest BCUT2D eigenvalue weighted by molar-refractivity contribution is 0.0662. The first kappa shape index (κ1) is 21.6. The number of aryl methyl sites for hydroxylation is 1. The van der Waals surface area contributed by atoms with E-state index >= 15 is 0 Å². The number of hydrogen-bond acceptors (Lipinski definition) is 5. The zero-order valence-electron chi connectivity index (χ0n) is 19.2. The topological polar surface area (TPSA) is 54.7 Å². The first-order valence-corrected chi connectivity index (χ1v) is 12.2. The highest BCUT2D eigenvalue weighted by Gasteiger charge is 2.25. The zero-order chi connectivity index (χ0) is 21.8. The minimum atomic E-state index is 0.486. The number of rotatable bonds is 7. The van der Waals surface area contributed by atoms with Crippen molar-refractivity contribution in [1.82, 2.24) is 24.8 Å². The molecule has 2 aliphatic rings. The van der Waals surface area contributed by atoms with Gasteiger partial charge >= 0.3 is 0 Å². The zero-order valence-corrected chi connectivity index (χ0v) is 19.2. The van der Waals surface area contributed by atoms with E-state index in [2.05, 4.69) is 58.1 Å². The van der Waals surface area contributed by atoms with Gasteiger partial charge in [0.05, 0.1) is 11.4 Å². The van der Waals surface area contributed by atoms with E-state index in [-0.39, 0.29) is 0 Å². The molecule has 2 fully saturated rings. The van der Waals surface area contributed by atoms with Gasteiger partial charge in [0.2, 0.25) is 0 Å². The standard InChI is InChI=1S/C26H35N5O/c1-20-24(17-27-16-21-10-14-32-15-11-21)26-28-12-9-25(31(26)29-20)23-8-5-13-30(19-23)18-22-6-3-2-4-7-22/h2-4,6-7,9,12,21,23,27H,5,8,10-11,13-19H2,1H3. The maximum absolute atomic E-state index is 5.49. The largest absolute Gasteiger partial charge is 0.381 e. The molecule has 5 rings (SSSR count). The molecule has 0 aliphatic carbocycles. The Morgan fingerprint density at radius 1 is 1.09 bits per heavy atom. The Bertz CT molecular complexity index is 1010. The van der Waals surface area contributed by atoms with E-state index in [1.807, 2.05) is 6.20 Å². The van der Waals surface area contributed by atoms with Crippen molar-refractivity contribution in [2.45, 2.75) is 51.6 Å². The molecule has 4 heterocycles. The summed E-state index contributed by atoms with van der Waals surface area (Å²) in [4.78, 5) is 7.32. The molecule has 32 heavy (non-hydrogen) atoms. The van der Waals surface area contributed by atoms with Gasteiger partial charge in [-0.15, -0.1) is 0 Å². The smallest absolute Gasteiger partial charge is 0.159 e. The van der Waals surface area contributed by atoms with Crippen molar-refractivity contribution in [3.8, 4) is 0 Å². The summed E-state index contributed by atoms with van der Waals surface area (Å²) in [5.74, 6) is 1.20. The minimum absolute atomic E-state index is 0.486. The molecule has 2 aliphatic heterocycles. The average Bonchev–Trinajstić information content (AvgIpc) is 3.16. The van der Waals surface area contributed by atoms with E-state index in [4.69, 9.17) is 14.8 Å². The molecule has 6 nitrogen and oxygen atoms in total. The van der Waals surface area contributed by atoms with Crippen LogP contribution in [-0.2, 0) is 17.8 Å². The Morgan fingerprint density at radius 2 is 1.94 bits per heavy atom. The maximum Gasteiger partial charge on any atom is 0.159 e. The Kier molecular flexibility index (Phi) is 6.81. The lowest BCUT2D eigenvalue weighted by Gasteiger charge is -2.33. The molecule has 1 unspecified atom stereocenters. The molecule has 0 radical (unpaired) electrons. The van der Waals surface area contributed by atoms with Crippen molar-refractivity contribution in [1.29, 1.82) is 0 Å². The third kappa shape index (κ3) is 4.87. The van der Waals surface area contributed by atoms with Crippen LogP contribution in [0.1, 0.15) is 54.1 Å². The number of hydrogen-bond donors (Lipinski definition) is 1. The second-order valence-electron chi connectivity index (χ2n) is 9.42. The van der Waals surface area contributed by atoms with Crippen LogP contribution in [0.15, 0.2) is 42.6 Å². The van der Waals surface area contributed by atoms with Crippen LogP contribution in [0.2, 0.25) is 0 Å². The van der Waals surface area contributed by atoms with Crippen LogP contribution in [0, 0.1) is 12.8 Å². The average molecular weight is 434 g/mol. The quantitative estimate of drug-likeness (QED) is 0.612. The number of benzene rings is 1. The molecule has 1 aromatic carbocycles. The number of piperidine rings is 1. The van der Waals surface area contributed by atoms with Gasteiger partial charge in [-0.2, -0.15) is 5.10 Å². The van der Waals surface area contributed by atoms with Crippen LogP contribution < -0.4 is 5.32 Å². The van der Waals surface area contributed by atoms with Crippen molar-refractivity contribution in [2.24, 2.45) is 5.92 Å². The summed E-state index contributed by atoms with van der Waals surface area (Å²) < 4.78 is 7.61. The highest BCUT2D eigenvalue weighted by atomic mass is 16.5. The second kappa shape index (κ2) is 10.1. The van der Waals surface area contributed by atoms with Gasteiger partial charge in [-0.1, -0.05) is 30.3 Å². The first-order valence-electron chi connectivity index (χ1n) is 12.2. The predicted molar refractivity (Wildman–Crippen MR) is 127 cm³/mol. The summed E-state index contributed by atoms with van der Waals surface area (Å²) >= 11 is 0. The predicted octanol–water partition coefficient (Wildman–Crippen LogP) is 3.93. The van der Waals surface area contributed by atoms with Crippen molar-refractivity contribution in [2.75, 3.05) is 32.8 Å². The molecular formula is C26H35N5O. The molecule has 0 spiro atoms. The molecule has 170 valence electrons. The molecule has 1 atom stereocenters. The van der Waals surface area contributed by atoms with E-state index in [0.29, 0.717) is 11.8 Å². The Morgan fingerprint density at radius 3 is 2.78 bits per heavy atom. The van der Waals surface area contributed by atoms with Crippen molar-refractivity contribution >= 4 is 5.65 Å². The lowest BCUT2D eigenvalue weighted by Crippen LogP contribution is -2.34.